The Labute approximate surface area is 75.6 Å². The van der Waals surface area contributed by atoms with Crippen LogP contribution in [0.15, 0.2) is 12.7 Å². The van der Waals surface area contributed by atoms with Crippen molar-refractivity contribution in [2.24, 2.45) is 0 Å². The van der Waals surface area contributed by atoms with E-state index in [1.54, 1.807) is 0 Å². The smallest absolute Gasteiger partial charge is 0.286 e. The van der Waals surface area contributed by atoms with Crippen molar-refractivity contribution in [3.05, 3.63) is 12.7 Å². The first kappa shape index (κ1) is 9.32. The molecule has 1 atom stereocenters. The van der Waals surface area contributed by atoms with Gasteiger partial charge in [0.25, 0.3) is 5.24 Å². The van der Waals surface area contributed by atoms with Crippen LogP contribution in [0.1, 0.15) is 19.3 Å². The third kappa shape index (κ3) is 2.37. The molecule has 1 saturated heterocycles. The number of rotatable bonds is 4. The SMILES string of the molecule is C=CCCCC1SC(=O)NC1=O. The van der Waals surface area contributed by atoms with E-state index < -0.39 is 0 Å². The van der Waals surface area contributed by atoms with Gasteiger partial charge in [-0.2, -0.15) is 0 Å². The van der Waals surface area contributed by atoms with E-state index in [4.69, 9.17) is 0 Å². The predicted octanol–water partition coefficient (Wildman–Crippen LogP) is 1.69. The highest BCUT2D eigenvalue weighted by molar-refractivity contribution is 8.15. The van der Waals surface area contributed by atoms with Crippen molar-refractivity contribution in [3.63, 3.8) is 0 Å². The summed E-state index contributed by atoms with van der Waals surface area (Å²) in [5.41, 5.74) is 0. The Morgan fingerprint density at radius 1 is 1.58 bits per heavy atom. The van der Waals surface area contributed by atoms with Crippen molar-refractivity contribution in [1.29, 1.82) is 0 Å². The molecule has 1 N–H and O–H groups in total. The van der Waals surface area contributed by atoms with Crippen LogP contribution in [0.25, 0.3) is 0 Å². The maximum absolute atomic E-state index is 11.0. The van der Waals surface area contributed by atoms with E-state index in [2.05, 4.69) is 11.9 Å². The third-order valence-corrected chi connectivity index (χ3v) is 2.69. The number of hydrogen-bond donors (Lipinski definition) is 1. The molecule has 4 heteroatoms. The minimum Gasteiger partial charge on any atom is -0.286 e. The van der Waals surface area contributed by atoms with Crippen LogP contribution in [0, 0.1) is 0 Å². The van der Waals surface area contributed by atoms with Gasteiger partial charge in [-0.1, -0.05) is 17.8 Å². The number of amides is 2. The van der Waals surface area contributed by atoms with E-state index in [1.807, 2.05) is 6.08 Å². The average Bonchev–Trinajstić information content (AvgIpc) is 2.31. The molecule has 1 heterocycles. The van der Waals surface area contributed by atoms with Crippen LogP contribution >= 0.6 is 11.8 Å². The van der Waals surface area contributed by atoms with Gasteiger partial charge in [-0.25, -0.2) is 0 Å². The number of hydrogen-bond acceptors (Lipinski definition) is 3. The number of carbonyl (C=O) groups excluding carboxylic acids is 2. The third-order valence-electron chi connectivity index (χ3n) is 1.64. The molecule has 1 aliphatic heterocycles. The molecule has 0 bridgehead atoms. The van der Waals surface area contributed by atoms with Crippen molar-refractivity contribution in [1.82, 2.24) is 5.32 Å². The van der Waals surface area contributed by atoms with Gasteiger partial charge in [0.05, 0.1) is 5.25 Å². The molecular weight excluding hydrogens is 174 g/mol. The zero-order valence-electron chi connectivity index (χ0n) is 6.71. The van der Waals surface area contributed by atoms with Gasteiger partial charge < -0.3 is 0 Å². The number of carbonyl (C=O) groups is 2. The second-order valence-corrected chi connectivity index (χ2v) is 3.78. The number of unbranched alkanes of at least 4 members (excludes halogenated alkanes) is 1. The molecule has 0 aromatic rings. The Bertz CT molecular complexity index is 215. The van der Waals surface area contributed by atoms with E-state index in [-0.39, 0.29) is 16.4 Å². The second kappa shape index (κ2) is 4.30. The largest absolute Gasteiger partial charge is 0.286 e. The zero-order chi connectivity index (χ0) is 8.97. The molecule has 3 nitrogen and oxygen atoms in total. The summed E-state index contributed by atoms with van der Waals surface area (Å²) in [6.45, 7) is 3.58. The fraction of sp³-hybridized carbons (Fsp3) is 0.500. The maximum Gasteiger partial charge on any atom is 0.286 e. The van der Waals surface area contributed by atoms with Crippen molar-refractivity contribution < 1.29 is 9.59 Å². The highest BCUT2D eigenvalue weighted by Crippen LogP contribution is 2.23. The first-order valence-electron chi connectivity index (χ1n) is 3.86. The van der Waals surface area contributed by atoms with E-state index in [9.17, 15) is 9.59 Å². The van der Waals surface area contributed by atoms with E-state index in [0.29, 0.717) is 0 Å². The molecule has 1 aliphatic rings. The van der Waals surface area contributed by atoms with Gasteiger partial charge in [-0.05, 0) is 19.3 Å². The van der Waals surface area contributed by atoms with Gasteiger partial charge in [0.15, 0.2) is 0 Å². The Balaban J connectivity index is 2.28. The van der Waals surface area contributed by atoms with Crippen LogP contribution in [0.2, 0.25) is 0 Å². The Hall–Kier alpha value is -0.770. The van der Waals surface area contributed by atoms with Gasteiger partial charge >= 0.3 is 0 Å². The zero-order valence-corrected chi connectivity index (χ0v) is 7.52. The van der Waals surface area contributed by atoms with Gasteiger partial charge in [0.2, 0.25) is 5.91 Å². The highest BCUT2D eigenvalue weighted by Gasteiger charge is 2.30. The van der Waals surface area contributed by atoms with Crippen molar-refractivity contribution >= 4 is 22.9 Å². The molecule has 2 amide bonds. The second-order valence-electron chi connectivity index (χ2n) is 2.60. The molecule has 0 saturated carbocycles. The molecule has 1 fully saturated rings. The van der Waals surface area contributed by atoms with Crippen molar-refractivity contribution in [2.75, 3.05) is 0 Å². The average molecular weight is 185 g/mol. The lowest BCUT2D eigenvalue weighted by Gasteiger charge is -2.01. The molecule has 0 aromatic carbocycles. The molecule has 1 unspecified atom stereocenters. The fourth-order valence-corrected chi connectivity index (χ4v) is 1.90. The topological polar surface area (TPSA) is 46.2 Å². The quantitative estimate of drug-likeness (QED) is 0.535. The van der Waals surface area contributed by atoms with E-state index in [1.165, 1.54) is 0 Å². The minimum absolute atomic E-state index is 0.144. The molecule has 0 aromatic heterocycles. The molecular formula is C8H11NO2S. The van der Waals surface area contributed by atoms with Gasteiger partial charge in [-0.15, -0.1) is 6.58 Å². The summed E-state index contributed by atoms with van der Waals surface area (Å²) in [7, 11) is 0. The Morgan fingerprint density at radius 2 is 2.33 bits per heavy atom. The molecule has 0 spiro atoms. The Kier molecular flexibility index (Phi) is 3.34. The first-order chi connectivity index (χ1) is 5.74. The molecule has 66 valence electrons. The summed E-state index contributed by atoms with van der Waals surface area (Å²) in [4.78, 5) is 21.7. The van der Waals surface area contributed by atoms with Crippen LogP contribution in [-0.4, -0.2) is 16.4 Å². The summed E-state index contributed by atoms with van der Waals surface area (Å²) >= 11 is 1.09. The summed E-state index contributed by atoms with van der Waals surface area (Å²) < 4.78 is 0. The summed E-state index contributed by atoms with van der Waals surface area (Å²) in [6, 6.07) is 0. The van der Waals surface area contributed by atoms with E-state index in [0.717, 1.165) is 31.0 Å². The van der Waals surface area contributed by atoms with Crippen molar-refractivity contribution in [3.8, 4) is 0 Å². The molecule has 12 heavy (non-hydrogen) atoms. The summed E-state index contributed by atoms with van der Waals surface area (Å²) in [5, 5.41) is 1.87. The fourth-order valence-electron chi connectivity index (χ4n) is 1.03. The lowest BCUT2D eigenvalue weighted by atomic mass is 10.2. The van der Waals surface area contributed by atoms with E-state index >= 15 is 0 Å². The number of imide groups is 1. The number of allylic oxidation sites excluding steroid dienone is 1. The highest BCUT2D eigenvalue weighted by atomic mass is 32.2. The molecule has 1 rings (SSSR count). The van der Waals surface area contributed by atoms with Crippen LogP contribution in [0.4, 0.5) is 4.79 Å². The monoisotopic (exact) mass is 185 g/mol. The molecule has 0 aliphatic carbocycles. The Morgan fingerprint density at radius 3 is 2.83 bits per heavy atom. The van der Waals surface area contributed by atoms with Gasteiger partial charge in [0.1, 0.15) is 0 Å². The number of thioether (sulfide) groups is 1. The summed E-state index contributed by atoms with van der Waals surface area (Å²) in [6.07, 6.45) is 4.40. The van der Waals surface area contributed by atoms with Crippen LogP contribution in [0.5, 0.6) is 0 Å². The van der Waals surface area contributed by atoms with Crippen molar-refractivity contribution in [2.45, 2.75) is 24.5 Å². The summed E-state index contributed by atoms with van der Waals surface area (Å²) in [5.74, 6) is -0.144. The lowest BCUT2D eigenvalue weighted by Crippen LogP contribution is -2.23. The number of nitrogens with one attached hydrogen (secondary N) is 1. The van der Waals surface area contributed by atoms with Crippen LogP contribution in [-0.2, 0) is 4.79 Å². The minimum atomic E-state index is -0.219. The standard InChI is InChI=1S/C8H11NO2S/c1-2-3-4-5-6-7(10)9-8(11)12-6/h2,6H,1,3-5H2,(H,9,10,11). The van der Waals surface area contributed by atoms with Gasteiger partial charge in [-0.3, -0.25) is 14.9 Å². The van der Waals surface area contributed by atoms with Crippen LogP contribution in [0.3, 0.4) is 0 Å². The normalized spacial score (nSPS) is 22.5. The van der Waals surface area contributed by atoms with Crippen LogP contribution < -0.4 is 5.32 Å². The predicted molar refractivity (Wildman–Crippen MR) is 49.0 cm³/mol. The molecule has 0 radical (unpaired) electrons. The first-order valence-corrected chi connectivity index (χ1v) is 4.74. The lowest BCUT2D eigenvalue weighted by molar-refractivity contribution is -0.119. The van der Waals surface area contributed by atoms with Gasteiger partial charge in [0, 0.05) is 0 Å². The maximum atomic E-state index is 11.0.